The van der Waals surface area contributed by atoms with Crippen molar-refractivity contribution in [3.05, 3.63) is 64.3 Å². The van der Waals surface area contributed by atoms with Crippen LogP contribution in [0.15, 0.2) is 47.4 Å². The van der Waals surface area contributed by atoms with Gasteiger partial charge in [-0.3, -0.25) is 14.2 Å². The fourth-order valence-corrected chi connectivity index (χ4v) is 2.86. The molecule has 0 radical (unpaired) electrons. The molecule has 1 aliphatic heterocycles. The van der Waals surface area contributed by atoms with Gasteiger partial charge in [0.2, 0.25) is 5.91 Å². The van der Waals surface area contributed by atoms with Gasteiger partial charge in [0.1, 0.15) is 17.6 Å². The number of aryl methyl sites for hydroxylation is 1. The standard InChI is InChI=1S/C19H19N3O4/c1-2-26-19(25)15-9-10-16-20-12-14(18(24)22(15)16)21-17(23)11-8-13-6-4-3-5-7-13/h3-8,11-12,15H,2,9-10H2,1H3,(H,21,23). The summed E-state index contributed by atoms with van der Waals surface area (Å²) in [4.78, 5) is 41.0. The molecule has 3 rings (SSSR count). The fraction of sp³-hybridized carbons (Fsp3) is 0.263. The van der Waals surface area contributed by atoms with Crippen LogP contribution in [-0.4, -0.2) is 28.0 Å². The summed E-state index contributed by atoms with van der Waals surface area (Å²) in [5.41, 5.74) is 0.452. The Morgan fingerprint density at radius 1 is 1.35 bits per heavy atom. The van der Waals surface area contributed by atoms with Crippen LogP contribution in [0.1, 0.15) is 30.8 Å². The highest BCUT2D eigenvalue weighted by Crippen LogP contribution is 2.24. The number of fused-ring (bicyclic) bond motifs is 1. The molecule has 1 aromatic heterocycles. The van der Waals surface area contributed by atoms with Crippen molar-refractivity contribution in [3.63, 3.8) is 0 Å². The molecular formula is C19H19N3O4. The number of anilines is 1. The SMILES string of the molecule is CCOC(=O)C1CCc2ncc(NC(=O)C=Cc3ccccc3)c(=O)n21. The van der Waals surface area contributed by atoms with Crippen LogP contribution in [0.3, 0.4) is 0 Å². The highest BCUT2D eigenvalue weighted by Gasteiger charge is 2.32. The molecule has 0 spiro atoms. The summed E-state index contributed by atoms with van der Waals surface area (Å²) in [7, 11) is 0. The second-order valence-electron chi connectivity index (χ2n) is 5.80. The Hall–Kier alpha value is -3.22. The molecule has 1 unspecified atom stereocenters. The van der Waals surface area contributed by atoms with E-state index in [1.165, 1.54) is 16.8 Å². The molecule has 1 atom stereocenters. The molecule has 2 heterocycles. The van der Waals surface area contributed by atoms with E-state index in [1.54, 1.807) is 13.0 Å². The summed E-state index contributed by atoms with van der Waals surface area (Å²) in [5, 5.41) is 2.53. The van der Waals surface area contributed by atoms with Gasteiger partial charge in [-0.15, -0.1) is 0 Å². The number of amides is 1. The van der Waals surface area contributed by atoms with Gasteiger partial charge in [-0.1, -0.05) is 30.3 Å². The van der Waals surface area contributed by atoms with Crippen molar-refractivity contribution in [3.8, 4) is 0 Å². The van der Waals surface area contributed by atoms with E-state index in [0.717, 1.165) is 5.56 Å². The zero-order chi connectivity index (χ0) is 18.5. The first-order valence-corrected chi connectivity index (χ1v) is 8.41. The van der Waals surface area contributed by atoms with E-state index in [1.807, 2.05) is 30.3 Å². The number of benzene rings is 1. The number of ether oxygens (including phenoxy) is 1. The van der Waals surface area contributed by atoms with Crippen molar-refractivity contribution in [2.75, 3.05) is 11.9 Å². The summed E-state index contributed by atoms with van der Waals surface area (Å²) in [6, 6.07) is 8.64. The lowest BCUT2D eigenvalue weighted by Gasteiger charge is -2.13. The topological polar surface area (TPSA) is 90.3 Å². The molecule has 134 valence electrons. The summed E-state index contributed by atoms with van der Waals surface area (Å²) >= 11 is 0. The highest BCUT2D eigenvalue weighted by molar-refractivity contribution is 6.01. The van der Waals surface area contributed by atoms with Crippen LogP contribution in [0.4, 0.5) is 5.69 Å². The Balaban J connectivity index is 1.79. The van der Waals surface area contributed by atoms with E-state index in [2.05, 4.69) is 10.3 Å². The van der Waals surface area contributed by atoms with Gasteiger partial charge in [-0.05, 0) is 25.0 Å². The van der Waals surface area contributed by atoms with Gasteiger partial charge in [0.25, 0.3) is 5.56 Å². The maximum absolute atomic E-state index is 12.7. The van der Waals surface area contributed by atoms with E-state index in [9.17, 15) is 14.4 Å². The summed E-state index contributed by atoms with van der Waals surface area (Å²) in [6.45, 7) is 1.96. The monoisotopic (exact) mass is 353 g/mol. The Labute approximate surface area is 150 Å². The molecule has 7 nitrogen and oxygen atoms in total. The van der Waals surface area contributed by atoms with Gasteiger partial charge in [0.05, 0.1) is 12.8 Å². The third-order valence-corrected chi connectivity index (χ3v) is 4.07. The van der Waals surface area contributed by atoms with Crippen LogP contribution in [0.5, 0.6) is 0 Å². The van der Waals surface area contributed by atoms with Crippen LogP contribution < -0.4 is 10.9 Å². The Bertz CT molecular complexity index is 903. The number of nitrogens with zero attached hydrogens (tertiary/aromatic N) is 2. The van der Waals surface area contributed by atoms with Gasteiger partial charge in [0.15, 0.2) is 0 Å². The van der Waals surface area contributed by atoms with Crippen molar-refractivity contribution in [1.29, 1.82) is 0 Å². The lowest BCUT2D eigenvalue weighted by Crippen LogP contribution is -2.32. The minimum atomic E-state index is -0.693. The smallest absolute Gasteiger partial charge is 0.329 e. The maximum atomic E-state index is 12.7. The molecule has 1 aromatic carbocycles. The Kier molecular flexibility index (Phi) is 5.26. The van der Waals surface area contributed by atoms with Crippen molar-refractivity contribution in [2.24, 2.45) is 0 Å². The molecule has 2 aromatic rings. The van der Waals surface area contributed by atoms with Crippen molar-refractivity contribution >= 4 is 23.6 Å². The summed E-state index contributed by atoms with van der Waals surface area (Å²) in [5.74, 6) is -0.382. The number of nitrogens with one attached hydrogen (secondary N) is 1. The minimum Gasteiger partial charge on any atom is -0.464 e. The molecule has 1 aliphatic rings. The molecule has 7 heteroatoms. The predicted molar refractivity (Wildman–Crippen MR) is 96.6 cm³/mol. The molecule has 0 saturated carbocycles. The molecular weight excluding hydrogens is 334 g/mol. The zero-order valence-corrected chi connectivity index (χ0v) is 14.3. The van der Waals surface area contributed by atoms with Crippen LogP contribution in [0.25, 0.3) is 6.08 Å². The minimum absolute atomic E-state index is 0.0349. The molecule has 1 N–H and O–H groups in total. The van der Waals surface area contributed by atoms with Crippen molar-refractivity contribution in [2.45, 2.75) is 25.8 Å². The van der Waals surface area contributed by atoms with Crippen LogP contribution in [0, 0.1) is 0 Å². The Morgan fingerprint density at radius 2 is 2.12 bits per heavy atom. The average Bonchev–Trinajstić information content (AvgIpc) is 3.08. The van der Waals surface area contributed by atoms with Gasteiger partial charge < -0.3 is 10.1 Å². The van der Waals surface area contributed by atoms with E-state index >= 15 is 0 Å². The first-order valence-electron chi connectivity index (χ1n) is 8.41. The number of esters is 1. The number of hydrogen-bond acceptors (Lipinski definition) is 5. The first-order chi connectivity index (χ1) is 12.6. The van der Waals surface area contributed by atoms with Crippen LogP contribution >= 0.6 is 0 Å². The van der Waals surface area contributed by atoms with Crippen LogP contribution in [-0.2, 0) is 20.7 Å². The number of carbonyl (C=O) groups excluding carboxylic acids is 2. The average molecular weight is 353 g/mol. The summed E-state index contributed by atoms with van der Waals surface area (Å²) in [6.07, 6.45) is 5.30. The molecule has 0 fully saturated rings. The van der Waals surface area contributed by atoms with E-state index in [0.29, 0.717) is 18.7 Å². The lowest BCUT2D eigenvalue weighted by atomic mass is 10.2. The second kappa shape index (κ2) is 7.77. The molecule has 1 amide bonds. The molecule has 26 heavy (non-hydrogen) atoms. The van der Waals surface area contributed by atoms with Crippen molar-refractivity contribution in [1.82, 2.24) is 9.55 Å². The lowest BCUT2D eigenvalue weighted by molar-refractivity contribution is -0.147. The highest BCUT2D eigenvalue weighted by atomic mass is 16.5. The fourth-order valence-electron chi connectivity index (χ4n) is 2.86. The third-order valence-electron chi connectivity index (χ3n) is 4.07. The van der Waals surface area contributed by atoms with E-state index in [-0.39, 0.29) is 12.3 Å². The van der Waals surface area contributed by atoms with Gasteiger partial charge in [-0.25, -0.2) is 9.78 Å². The van der Waals surface area contributed by atoms with Crippen molar-refractivity contribution < 1.29 is 14.3 Å². The van der Waals surface area contributed by atoms with E-state index < -0.39 is 23.5 Å². The quantitative estimate of drug-likeness (QED) is 0.655. The Morgan fingerprint density at radius 3 is 2.85 bits per heavy atom. The maximum Gasteiger partial charge on any atom is 0.329 e. The second-order valence-corrected chi connectivity index (χ2v) is 5.80. The third kappa shape index (κ3) is 3.72. The number of aromatic nitrogens is 2. The molecule has 0 saturated heterocycles. The summed E-state index contributed by atoms with van der Waals surface area (Å²) < 4.78 is 6.34. The normalized spacial score (nSPS) is 15.7. The zero-order valence-electron chi connectivity index (χ0n) is 14.3. The largest absolute Gasteiger partial charge is 0.464 e. The predicted octanol–water partition coefficient (Wildman–Crippen LogP) is 1.95. The molecule has 0 aliphatic carbocycles. The van der Waals surface area contributed by atoms with Gasteiger partial charge in [0, 0.05) is 12.5 Å². The number of hydrogen-bond donors (Lipinski definition) is 1. The number of rotatable bonds is 5. The van der Waals surface area contributed by atoms with Gasteiger partial charge in [-0.2, -0.15) is 0 Å². The number of carbonyl (C=O) groups is 2. The van der Waals surface area contributed by atoms with Crippen LogP contribution in [0.2, 0.25) is 0 Å². The first kappa shape index (κ1) is 17.6. The van der Waals surface area contributed by atoms with E-state index in [4.69, 9.17) is 4.74 Å². The van der Waals surface area contributed by atoms with Gasteiger partial charge >= 0.3 is 5.97 Å². The molecule has 0 bridgehead atoms.